The van der Waals surface area contributed by atoms with E-state index >= 15 is 0 Å². The first-order chi connectivity index (χ1) is 7.20. The first-order valence-electron chi connectivity index (χ1n) is 4.45. The summed E-state index contributed by atoms with van der Waals surface area (Å²) < 4.78 is 9.45. The molecule has 87 valence electrons. The normalized spacial score (nSPS) is 9.73. The maximum Gasteiger partial charge on any atom is 0.320 e. The molecule has 0 saturated heterocycles. The van der Waals surface area contributed by atoms with Crippen LogP contribution >= 0.6 is 23.2 Å². The molecule has 0 saturated carbocycles. The Balaban J connectivity index is 3.18. The van der Waals surface area contributed by atoms with Gasteiger partial charge in [0.2, 0.25) is 0 Å². The van der Waals surface area contributed by atoms with Gasteiger partial charge in [-0.2, -0.15) is 0 Å². The predicted molar refractivity (Wildman–Crippen MR) is 56.9 cm³/mol. The Bertz CT molecular complexity index is 197. The lowest BCUT2D eigenvalue weighted by molar-refractivity contribution is -0.143. The number of hydrogen-bond donors (Lipinski definition) is 0. The second kappa shape index (κ2) is 10.1. The third-order valence-corrected chi connectivity index (χ3v) is 1.76. The van der Waals surface area contributed by atoms with Crippen LogP contribution in [0.4, 0.5) is 0 Å². The molecule has 4 nitrogen and oxygen atoms in total. The largest absolute Gasteiger partial charge is 0.465 e. The lowest BCUT2D eigenvalue weighted by Crippen LogP contribution is -2.09. The summed E-state index contributed by atoms with van der Waals surface area (Å²) >= 11 is 10.5. The molecule has 0 amide bonds. The van der Waals surface area contributed by atoms with Crippen LogP contribution in [0.3, 0.4) is 0 Å². The van der Waals surface area contributed by atoms with Gasteiger partial charge in [0, 0.05) is 12.3 Å². The van der Waals surface area contributed by atoms with Gasteiger partial charge in [-0.15, -0.1) is 23.2 Å². The van der Waals surface area contributed by atoms with Crippen molar-refractivity contribution in [1.29, 1.82) is 0 Å². The number of esters is 2. The number of hydrogen-bond acceptors (Lipinski definition) is 4. The van der Waals surface area contributed by atoms with Crippen LogP contribution < -0.4 is 0 Å². The number of carbonyl (C=O) groups excluding carboxylic acids is 2. The summed E-state index contributed by atoms with van der Waals surface area (Å²) in [6, 6.07) is 0. The van der Waals surface area contributed by atoms with Gasteiger partial charge in [-0.3, -0.25) is 9.59 Å². The van der Waals surface area contributed by atoms with Crippen LogP contribution in [0, 0.1) is 6.42 Å². The number of halogens is 2. The predicted octanol–water partition coefficient (Wildman–Crippen LogP) is 1.53. The van der Waals surface area contributed by atoms with Crippen molar-refractivity contribution in [3.63, 3.8) is 0 Å². The molecule has 0 aliphatic rings. The summed E-state index contributed by atoms with van der Waals surface area (Å²) in [6.07, 6.45) is 2.43. The molecule has 1 radical (unpaired) electrons. The molecular weight excluding hydrogens is 243 g/mol. The second-order valence-electron chi connectivity index (χ2n) is 2.55. The monoisotopic (exact) mass is 255 g/mol. The van der Waals surface area contributed by atoms with Crippen molar-refractivity contribution in [2.75, 3.05) is 25.0 Å². The van der Waals surface area contributed by atoms with Crippen molar-refractivity contribution in [2.24, 2.45) is 0 Å². The van der Waals surface area contributed by atoms with Crippen LogP contribution in [0.2, 0.25) is 0 Å². The van der Waals surface area contributed by atoms with Gasteiger partial charge in [-0.05, 0) is 6.42 Å². The quantitative estimate of drug-likeness (QED) is 0.375. The lowest BCUT2D eigenvalue weighted by atomic mass is 10.3. The van der Waals surface area contributed by atoms with E-state index in [1.165, 1.54) is 0 Å². The van der Waals surface area contributed by atoms with Crippen LogP contribution in [0.15, 0.2) is 0 Å². The Morgan fingerprint density at radius 2 is 1.87 bits per heavy atom. The molecule has 0 aromatic heterocycles. The molecule has 6 heteroatoms. The molecule has 0 aromatic carbocycles. The SMILES string of the molecule is O=C(CCl)OCC[CH]COC(=O)CCCl. The molecule has 0 unspecified atom stereocenters. The maximum absolute atomic E-state index is 10.8. The zero-order valence-electron chi connectivity index (χ0n) is 8.21. The fraction of sp³-hybridized carbons (Fsp3) is 0.667. The standard InChI is InChI=1S/C9H13Cl2O4/c10-4-3-8(12)14-5-1-2-6-15-9(13)7-11/h1H,2-7H2. The Kier molecular flexibility index (Phi) is 9.73. The average Bonchev–Trinajstić information content (AvgIpc) is 2.23. The molecule has 0 atom stereocenters. The minimum Gasteiger partial charge on any atom is -0.465 e. The molecule has 0 N–H and O–H groups in total. The van der Waals surface area contributed by atoms with Gasteiger partial charge in [0.1, 0.15) is 5.88 Å². The van der Waals surface area contributed by atoms with E-state index in [9.17, 15) is 9.59 Å². The van der Waals surface area contributed by atoms with Gasteiger partial charge in [0.25, 0.3) is 0 Å². The first-order valence-corrected chi connectivity index (χ1v) is 5.52. The smallest absolute Gasteiger partial charge is 0.320 e. The van der Waals surface area contributed by atoms with Gasteiger partial charge in [-0.1, -0.05) is 0 Å². The molecule has 0 aliphatic carbocycles. The summed E-state index contributed by atoms with van der Waals surface area (Å²) in [5.74, 6) is -0.681. The van der Waals surface area contributed by atoms with E-state index in [1.807, 2.05) is 0 Å². The van der Waals surface area contributed by atoms with E-state index in [0.717, 1.165) is 0 Å². The van der Waals surface area contributed by atoms with Crippen LogP contribution in [0.25, 0.3) is 0 Å². The van der Waals surface area contributed by atoms with Gasteiger partial charge in [0.15, 0.2) is 0 Å². The van der Waals surface area contributed by atoms with E-state index < -0.39 is 5.97 Å². The van der Waals surface area contributed by atoms with E-state index in [4.69, 9.17) is 27.9 Å². The molecule has 0 rings (SSSR count). The number of carbonyl (C=O) groups is 2. The fourth-order valence-electron chi connectivity index (χ4n) is 0.679. The number of ether oxygens (including phenoxy) is 2. The second-order valence-corrected chi connectivity index (χ2v) is 3.20. The molecule has 0 heterocycles. The zero-order valence-corrected chi connectivity index (χ0v) is 9.72. The van der Waals surface area contributed by atoms with Crippen molar-refractivity contribution in [1.82, 2.24) is 0 Å². The Morgan fingerprint density at radius 1 is 1.13 bits per heavy atom. The Hall–Kier alpha value is -0.480. The van der Waals surface area contributed by atoms with Gasteiger partial charge >= 0.3 is 11.9 Å². The van der Waals surface area contributed by atoms with Gasteiger partial charge < -0.3 is 9.47 Å². The minimum atomic E-state index is -0.454. The van der Waals surface area contributed by atoms with E-state index in [-0.39, 0.29) is 37.4 Å². The highest BCUT2D eigenvalue weighted by Crippen LogP contribution is 1.94. The molecule has 0 bridgehead atoms. The number of unbranched alkanes of at least 4 members (excludes halogenated alkanes) is 1. The third-order valence-electron chi connectivity index (χ3n) is 1.35. The van der Waals surface area contributed by atoms with E-state index in [0.29, 0.717) is 6.42 Å². The van der Waals surface area contributed by atoms with Crippen LogP contribution in [-0.4, -0.2) is 36.9 Å². The van der Waals surface area contributed by atoms with Crippen LogP contribution in [0.1, 0.15) is 12.8 Å². The van der Waals surface area contributed by atoms with Crippen LogP contribution in [-0.2, 0) is 19.1 Å². The summed E-state index contributed by atoms with van der Waals surface area (Å²) in [4.78, 5) is 21.4. The summed E-state index contributed by atoms with van der Waals surface area (Å²) in [5, 5.41) is 0. The molecule has 0 aromatic rings. The summed E-state index contributed by atoms with van der Waals surface area (Å²) in [7, 11) is 0. The van der Waals surface area contributed by atoms with Crippen LogP contribution in [0.5, 0.6) is 0 Å². The van der Waals surface area contributed by atoms with Crippen molar-refractivity contribution in [3.05, 3.63) is 6.42 Å². The zero-order chi connectivity index (χ0) is 11.5. The highest BCUT2D eigenvalue weighted by atomic mass is 35.5. The number of alkyl halides is 2. The molecule has 0 aliphatic heterocycles. The van der Waals surface area contributed by atoms with Crippen molar-refractivity contribution >= 4 is 35.1 Å². The van der Waals surface area contributed by atoms with E-state index in [2.05, 4.69) is 4.74 Å². The third kappa shape index (κ3) is 9.82. The summed E-state index contributed by atoms with van der Waals surface area (Å²) in [5.41, 5.74) is 0. The molecule has 15 heavy (non-hydrogen) atoms. The van der Waals surface area contributed by atoms with Gasteiger partial charge in [0.05, 0.1) is 19.6 Å². The maximum atomic E-state index is 10.8. The average molecular weight is 256 g/mol. The van der Waals surface area contributed by atoms with Crippen molar-refractivity contribution in [2.45, 2.75) is 12.8 Å². The molecular formula is C9H13Cl2O4. The minimum absolute atomic E-state index is 0.148. The fourth-order valence-corrected chi connectivity index (χ4v) is 0.911. The van der Waals surface area contributed by atoms with Crippen molar-refractivity contribution in [3.8, 4) is 0 Å². The lowest BCUT2D eigenvalue weighted by Gasteiger charge is -2.03. The highest BCUT2D eigenvalue weighted by molar-refractivity contribution is 6.26. The topological polar surface area (TPSA) is 52.6 Å². The highest BCUT2D eigenvalue weighted by Gasteiger charge is 2.02. The molecule has 0 spiro atoms. The van der Waals surface area contributed by atoms with Crippen molar-refractivity contribution < 1.29 is 19.1 Å². The van der Waals surface area contributed by atoms with E-state index in [1.54, 1.807) is 6.42 Å². The number of rotatable bonds is 8. The molecule has 0 fully saturated rings. The summed E-state index contributed by atoms with van der Waals surface area (Å²) in [6.45, 7) is 0.451. The Labute approximate surface area is 98.8 Å². The Morgan fingerprint density at radius 3 is 2.47 bits per heavy atom. The first kappa shape index (κ1) is 14.5. The van der Waals surface area contributed by atoms with Gasteiger partial charge in [-0.25, -0.2) is 0 Å².